The van der Waals surface area contributed by atoms with Crippen LogP contribution < -0.4 is 5.32 Å². The third kappa shape index (κ3) is 3.48. The smallest absolute Gasteiger partial charge is 0.262 e. The molecule has 2 rings (SSSR count). The molecule has 0 bridgehead atoms. The molecule has 0 aliphatic heterocycles. The second-order valence-electron chi connectivity index (χ2n) is 3.99. The van der Waals surface area contributed by atoms with Gasteiger partial charge in [0, 0.05) is 6.54 Å². The van der Waals surface area contributed by atoms with Crippen molar-refractivity contribution in [3.63, 3.8) is 0 Å². The zero-order valence-corrected chi connectivity index (χ0v) is 13.4. The molecule has 0 radical (unpaired) electrons. The van der Waals surface area contributed by atoms with Gasteiger partial charge in [-0.05, 0) is 48.0 Å². The molecule has 5 nitrogen and oxygen atoms in total. The van der Waals surface area contributed by atoms with Crippen LogP contribution in [0.2, 0.25) is 0 Å². The van der Waals surface area contributed by atoms with Gasteiger partial charge in [-0.1, -0.05) is 6.92 Å². The minimum atomic E-state index is 0.593. The van der Waals surface area contributed by atoms with Gasteiger partial charge in [0.15, 0.2) is 0 Å². The maximum Gasteiger partial charge on any atom is 0.262 e. The van der Waals surface area contributed by atoms with Crippen LogP contribution in [-0.2, 0) is 0 Å². The van der Waals surface area contributed by atoms with Gasteiger partial charge >= 0.3 is 0 Å². The first-order valence-electron chi connectivity index (χ1n) is 5.98. The maximum absolute atomic E-state index is 5.54. The summed E-state index contributed by atoms with van der Waals surface area (Å²) in [5.74, 6) is 1.62. The number of nitrogens with one attached hydrogen (secondary N) is 1. The molecule has 2 aromatic rings. The molecule has 0 atom stereocenters. The quantitative estimate of drug-likeness (QED) is 0.833. The van der Waals surface area contributed by atoms with Crippen LogP contribution in [-0.4, -0.2) is 21.5 Å². The lowest BCUT2D eigenvalue weighted by molar-refractivity contribution is 0.431. The maximum atomic E-state index is 5.54. The van der Waals surface area contributed by atoms with Gasteiger partial charge in [0.1, 0.15) is 22.9 Å². The number of aryl methyl sites for hydroxylation is 2. The van der Waals surface area contributed by atoms with Gasteiger partial charge < -0.3 is 9.73 Å². The Morgan fingerprint density at radius 3 is 2.79 bits per heavy atom. The Labute approximate surface area is 124 Å². The van der Waals surface area contributed by atoms with E-state index in [4.69, 9.17) is 4.42 Å². The van der Waals surface area contributed by atoms with Crippen LogP contribution in [0, 0.1) is 13.8 Å². The summed E-state index contributed by atoms with van der Waals surface area (Å²) in [4.78, 5) is 12.8. The second-order valence-corrected chi connectivity index (χ2v) is 5.72. The summed E-state index contributed by atoms with van der Waals surface area (Å²) >= 11 is 4.90. The standard InChI is InChI=1S/C12H15BrN4OS/c1-4-5-14-10-9(13)11(16-6-15-10)19-12-17-7(2)8(3)18-12/h6H,4-5H2,1-3H3,(H,14,15,16). The van der Waals surface area contributed by atoms with Crippen LogP contribution in [0.3, 0.4) is 0 Å². The van der Waals surface area contributed by atoms with Crippen LogP contribution in [0.25, 0.3) is 0 Å². The number of oxazole rings is 1. The molecule has 0 aromatic carbocycles. The van der Waals surface area contributed by atoms with Gasteiger partial charge in [0.2, 0.25) is 0 Å². The number of nitrogens with zero attached hydrogens (tertiary/aromatic N) is 3. The van der Waals surface area contributed by atoms with Crippen molar-refractivity contribution < 1.29 is 4.42 Å². The third-order valence-corrected chi connectivity index (χ3v) is 4.36. The molecule has 19 heavy (non-hydrogen) atoms. The molecule has 0 amide bonds. The third-order valence-electron chi connectivity index (χ3n) is 2.49. The van der Waals surface area contributed by atoms with Crippen molar-refractivity contribution in [2.75, 3.05) is 11.9 Å². The van der Waals surface area contributed by atoms with Gasteiger partial charge in [-0.15, -0.1) is 0 Å². The van der Waals surface area contributed by atoms with E-state index in [1.807, 2.05) is 13.8 Å². The Morgan fingerprint density at radius 2 is 2.16 bits per heavy atom. The van der Waals surface area contributed by atoms with E-state index in [0.717, 1.165) is 39.7 Å². The van der Waals surface area contributed by atoms with Gasteiger partial charge in [-0.3, -0.25) is 0 Å². The summed E-state index contributed by atoms with van der Waals surface area (Å²) < 4.78 is 6.38. The molecule has 1 N–H and O–H groups in total. The largest absolute Gasteiger partial charge is 0.436 e. The van der Waals surface area contributed by atoms with Crippen LogP contribution >= 0.6 is 27.7 Å². The van der Waals surface area contributed by atoms with Crippen molar-refractivity contribution >= 4 is 33.5 Å². The van der Waals surface area contributed by atoms with Gasteiger partial charge in [-0.25, -0.2) is 15.0 Å². The minimum Gasteiger partial charge on any atom is -0.436 e. The van der Waals surface area contributed by atoms with E-state index in [0.29, 0.717) is 5.22 Å². The van der Waals surface area contributed by atoms with E-state index in [2.05, 4.69) is 43.1 Å². The van der Waals surface area contributed by atoms with Crippen molar-refractivity contribution in [3.8, 4) is 0 Å². The number of anilines is 1. The van der Waals surface area contributed by atoms with Crippen molar-refractivity contribution in [1.82, 2.24) is 15.0 Å². The van der Waals surface area contributed by atoms with Crippen LogP contribution in [0.4, 0.5) is 5.82 Å². The molecular formula is C12H15BrN4OS. The topological polar surface area (TPSA) is 63.8 Å². The van der Waals surface area contributed by atoms with Crippen molar-refractivity contribution in [2.45, 2.75) is 37.4 Å². The first-order valence-corrected chi connectivity index (χ1v) is 7.59. The van der Waals surface area contributed by atoms with E-state index in [1.165, 1.54) is 18.1 Å². The van der Waals surface area contributed by atoms with Crippen molar-refractivity contribution in [1.29, 1.82) is 0 Å². The predicted molar refractivity (Wildman–Crippen MR) is 78.6 cm³/mol. The fraction of sp³-hybridized carbons (Fsp3) is 0.417. The molecule has 0 aliphatic carbocycles. The lowest BCUT2D eigenvalue weighted by Gasteiger charge is -2.07. The second kappa shape index (κ2) is 6.38. The fourth-order valence-corrected chi connectivity index (χ4v) is 2.75. The molecule has 102 valence electrons. The van der Waals surface area contributed by atoms with Crippen molar-refractivity contribution in [3.05, 3.63) is 22.3 Å². The minimum absolute atomic E-state index is 0.593. The molecule has 0 fully saturated rings. The molecule has 2 heterocycles. The monoisotopic (exact) mass is 342 g/mol. The SMILES string of the molecule is CCCNc1ncnc(Sc2nc(C)c(C)o2)c1Br. The lowest BCUT2D eigenvalue weighted by Crippen LogP contribution is -2.03. The van der Waals surface area contributed by atoms with Crippen molar-refractivity contribution in [2.24, 2.45) is 0 Å². The van der Waals surface area contributed by atoms with Gasteiger partial charge in [0.05, 0.1) is 10.2 Å². The Bertz CT molecular complexity index is 553. The molecule has 7 heteroatoms. The van der Waals surface area contributed by atoms with Crippen LogP contribution in [0.15, 0.2) is 25.5 Å². The Morgan fingerprint density at radius 1 is 1.37 bits per heavy atom. The number of aromatic nitrogens is 3. The molecule has 0 aliphatic rings. The molecule has 0 saturated heterocycles. The lowest BCUT2D eigenvalue weighted by atomic mass is 10.4. The molecule has 0 unspecified atom stereocenters. The van der Waals surface area contributed by atoms with Crippen LogP contribution in [0.5, 0.6) is 0 Å². The highest BCUT2D eigenvalue weighted by atomic mass is 79.9. The zero-order valence-electron chi connectivity index (χ0n) is 11.0. The highest BCUT2D eigenvalue weighted by Gasteiger charge is 2.14. The zero-order chi connectivity index (χ0) is 13.8. The summed E-state index contributed by atoms with van der Waals surface area (Å²) in [6, 6.07) is 0. The highest BCUT2D eigenvalue weighted by Crippen LogP contribution is 2.34. The molecular weight excluding hydrogens is 328 g/mol. The molecule has 2 aromatic heterocycles. The fourth-order valence-electron chi connectivity index (χ4n) is 1.36. The normalized spacial score (nSPS) is 10.7. The summed E-state index contributed by atoms with van der Waals surface area (Å²) in [5, 5.41) is 4.62. The Kier molecular flexibility index (Phi) is 4.81. The van der Waals surface area contributed by atoms with E-state index in [9.17, 15) is 0 Å². The van der Waals surface area contributed by atoms with E-state index in [-0.39, 0.29) is 0 Å². The summed E-state index contributed by atoms with van der Waals surface area (Å²) in [7, 11) is 0. The predicted octanol–water partition coefficient (Wildman–Crippen LogP) is 3.82. The Hall–Kier alpha value is -1.08. The van der Waals surface area contributed by atoms with E-state index >= 15 is 0 Å². The van der Waals surface area contributed by atoms with Gasteiger partial charge in [-0.2, -0.15) is 0 Å². The number of rotatable bonds is 5. The summed E-state index contributed by atoms with van der Waals surface area (Å²) in [6.07, 6.45) is 2.57. The van der Waals surface area contributed by atoms with Crippen LogP contribution in [0.1, 0.15) is 24.8 Å². The molecule has 0 saturated carbocycles. The average molecular weight is 343 g/mol. The summed E-state index contributed by atoms with van der Waals surface area (Å²) in [5.41, 5.74) is 0.900. The van der Waals surface area contributed by atoms with E-state index in [1.54, 1.807) is 0 Å². The first kappa shape index (κ1) is 14.3. The summed E-state index contributed by atoms with van der Waals surface area (Å²) in [6.45, 7) is 6.80. The molecule has 0 spiro atoms. The van der Waals surface area contributed by atoms with Gasteiger partial charge in [0.25, 0.3) is 5.22 Å². The first-order chi connectivity index (χ1) is 9.11. The average Bonchev–Trinajstić information content (AvgIpc) is 2.69. The number of hydrogen-bond donors (Lipinski definition) is 1. The Balaban J connectivity index is 2.20. The number of hydrogen-bond acceptors (Lipinski definition) is 6. The van der Waals surface area contributed by atoms with E-state index < -0.39 is 0 Å². The highest BCUT2D eigenvalue weighted by molar-refractivity contribution is 9.10. The number of halogens is 1.